The van der Waals surface area contributed by atoms with Crippen LogP contribution in [-0.4, -0.2) is 22.1 Å². The first kappa shape index (κ1) is 15.6. The Hall–Kier alpha value is -2.31. The molecule has 0 unspecified atom stereocenters. The van der Waals surface area contributed by atoms with Crippen LogP contribution in [0.5, 0.6) is 5.75 Å². The molecule has 3 rings (SSSR count). The van der Waals surface area contributed by atoms with Crippen LogP contribution in [0, 0.1) is 0 Å². The van der Waals surface area contributed by atoms with Gasteiger partial charge in [-0.1, -0.05) is 18.2 Å². The van der Waals surface area contributed by atoms with Crippen molar-refractivity contribution in [2.24, 2.45) is 0 Å². The van der Waals surface area contributed by atoms with Crippen molar-refractivity contribution < 1.29 is 17.6 Å². The monoisotopic (exact) mass is 331 g/mol. The number of ether oxygens (including phenoxy) is 1. The Kier molecular flexibility index (Phi) is 4.36. The quantitative estimate of drug-likeness (QED) is 0.754. The molecule has 0 fully saturated rings. The predicted octanol–water partition coefficient (Wildman–Crippen LogP) is 2.96. The summed E-state index contributed by atoms with van der Waals surface area (Å²) in [6.07, 6.45) is 0.490. The van der Waals surface area contributed by atoms with Gasteiger partial charge in [-0.3, -0.25) is 0 Å². The third-order valence-corrected chi connectivity index (χ3v) is 4.99. The molecule has 23 heavy (non-hydrogen) atoms. The number of benzene rings is 2. The van der Waals surface area contributed by atoms with Crippen LogP contribution in [0.25, 0.3) is 11.0 Å². The molecule has 0 saturated heterocycles. The van der Waals surface area contributed by atoms with Gasteiger partial charge < -0.3 is 9.15 Å². The second-order valence-electron chi connectivity index (χ2n) is 5.07. The number of para-hydroxylation sites is 1. The van der Waals surface area contributed by atoms with Crippen molar-refractivity contribution in [3.8, 4) is 5.75 Å². The first-order chi connectivity index (χ1) is 11.1. The van der Waals surface area contributed by atoms with Gasteiger partial charge in [-0.05, 0) is 36.4 Å². The van der Waals surface area contributed by atoms with E-state index in [0.717, 1.165) is 16.7 Å². The van der Waals surface area contributed by atoms with E-state index in [1.165, 1.54) is 19.2 Å². The van der Waals surface area contributed by atoms with Gasteiger partial charge in [0.15, 0.2) is 0 Å². The number of sulfonamides is 1. The minimum absolute atomic E-state index is 0.211. The first-order valence-electron chi connectivity index (χ1n) is 7.20. The molecule has 3 aromatic rings. The zero-order chi connectivity index (χ0) is 16.3. The minimum Gasteiger partial charge on any atom is -0.497 e. The summed E-state index contributed by atoms with van der Waals surface area (Å²) >= 11 is 0. The third kappa shape index (κ3) is 3.55. The maximum Gasteiger partial charge on any atom is 0.240 e. The van der Waals surface area contributed by atoms with Gasteiger partial charge in [-0.25, -0.2) is 13.1 Å². The Morgan fingerprint density at radius 2 is 1.83 bits per heavy atom. The fourth-order valence-corrected chi connectivity index (χ4v) is 3.34. The van der Waals surface area contributed by atoms with Gasteiger partial charge in [-0.15, -0.1) is 0 Å². The van der Waals surface area contributed by atoms with E-state index in [0.29, 0.717) is 12.2 Å². The number of hydrogen-bond donors (Lipinski definition) is 1. The van der Waals surface area contributed by atoms with E-state index in [2.05, 4.69) is 4.72 Å². The van der Waals surface area contributed by atoms with Crippen molar-refractivity contribution in [3.05, 3.63) is 60.4 Å². The molecule has 0 amide bonds. The molecule has 2 aromatic carbocycles. The van der Waals surface area contributed by atoms with E-state index >= 15 is 0 Å². The summed E-state index contributed by atoms with van der Waals surface area (Å²) in [5.74, 6) is 1.37. The molecule has 1 aromatic heterocycles. The van der Waals surface area contributed by atoms with Crippen LogP contribution in [-0.2, 0) is 16.4 Å². The number of rotatable bonds is 6. The molecule has 1 heterocycles. The zero-order valence-electron chi connectivity index (χ0n) is 12.7. The van der Waals surface area contributed by atoms with E-state index in [1.807, 2.05) is 30.3 Å². The standard InChI is InChI=1S/C17H17NO4S/c1-21-14-6-8-16(9-7-14)23(19,20)18-11-10-15-12-13-4-2-3-5-17(13)22-15/h2-9,12,18H,10-11H2,1H3. The van der Waals surface area contributed by atoms with Gasteiger partial charge in [0.05, 0.1) is 12.0 Å². The second-order valence-corrected chi connectivity index (χ2v) is 6.84. The van der Waals surface area contributed by atoms with Gasteiger partial charge in [0, 0.05) is 18.4 Å². The van der Waals surface area contributed by atoms with Crippen molar-refractivity contribution >= 4 is 21.0 Å². The fourth-order valence-electron chi connectivity index (χ4n) is 2.31. The second kappa shape index (κ2) is 6.44. The molecule has 5 nitrogen and oxygen atoms in total. The molecule has 0 saturated carbocycles. The van der Waals surface area contributed by atoms with Gasteiger partial charge in [0.25, 0.3) is 0 Å². The maximum absolute atomic E-state index is 12.2. The van der Waals surface area contributed by atoms with Crippen LogP contribution in [0.1, 0.15) is 5.76 Å². The first-order valence-corrected chi connectivity index (χ1v) is 8.68. The summed E-state index contributed by atoms with van der Waals surface area (Å²) in [7, 11) is -2.00. The Bertz CT molecular complexity index is 865. The van der Waals surface area contributed by atoms with Crippen LogP contribution in [0.15, 0.2) is 63.9 Å². The number of fused-ring (bicyclic) bond motifs is 1. The van der Waals surface area contributed by atoms with E-state index in [4.69, 9.17) is 9.15 Å². The van der Waals surface area contributed by atoms with Crippen LogP contribution < -0.4 is 9.46 Å². The highest BCUT2D eigenvalue weighted by molar-refractivity contribution is 7.89. The molecule has 0 atom stereocenters. The van der Waals surface area contributed by atoms with E-state index in [-0.39, 0.29) is 11.4 Å². The largest absolute Gasteiger partial charge is 0.497 e. The molecule has 6 heteroatoms. The lowest BCUT2D eigenvalue weighted by Crippen LogP contribution is -2.25. The van der Waals surface area contributed by atoms with Crippen molar-refractivity contribution in [1.82, 2.24) is 4.72 Å². The lowest BCUT2D eigenvalue weighted by molar-refractivity contribution is 0.414. The zero-order valence-corrected chi connectivity index (χ0v) is 13.5. The lowest BCUT2D eigenvalue weighted by Gasteiger charge is -2.06. The van der Waals surface area contributed by atoms with E-state index < -0.39 is 10.0 Å². The highest BCUT2D eigenvalue weighted by Crippen LogP contribution is 2.19. The van der Waals surface area contributed by atoms with Gasteiger partial charge in [-0.2, -0.15) is 0 Å². The highest BCUT2D eigenvalue weighted by atomic mass is 32.2. The minimum atomic E-state index is -3.53. The SMILES string of the molecule is COc1ccc(S(=O)(=O)NCCc2cc3ccccc3o2)cc1. The molecule has 0 aliphatic heterocycles. The molecule has 0 bridgehead atoms. The predicted molar refractivity (Wildman–Crippen MR) is 88.1 cm³/mol. The Balaban J connectivity index is 1.64. The highest BCUT2D eigenvalue weighted by Gasteiger charge is 2.14. The van der Waals surface area contributed by atoms with Crippen LogP contribution >= 0.6 is 0 Å². The van der Waals surface area contributed by atoms with E-state index in [1.54, 1.807) is 12.1 Å². The average Bonchev–Trinajstić information content (AvgIpc) is 2.97. The normalized spacial score (nSPS) is 11.7. The summed E-state index contributed by atoms with van der Waals surface area (Å²) in [5.41, 5.74) is 0.806. The topological polar surface area (TPSA) is 68.5 Å². The average molecular weight is 331 g/mol. The fraction of sp³-hybridized carbons (Fsp3) is 0.176. The molecule has 120 valence electrons. The molecular weight excluding hydrogens is 314 g/mol. The number of nitrogens with one attached hydrogen (secondary N) is 1. The molecule has 0 aliphatic rings. The number of methoxy groups -OCH3 is 1. The Morgan fingerprint density at radius 3 is 2.52 bits per heavy atom. The summed E-state index contributed by atoms with van der Waals surface area (Å²) in [6.45, 7) is 0.272. The molecule has 0 aliphatic carbocycles. The summed E-state index contributed by atoms with van der Waals surface area (Å²) in [6, 6.07) is 15.9. The number of hydrogen-bond acceptors (Lipinski definition) is 4. The van der Waals surface area contributed by atoms with Crippen molar-refractivity contribution in [3.63, 3.8) is 0 Å². The molecular formula is C17H17NO4S. The van der Waals surface area contributed by atoms with Crippen molar-refractivity contribution in [1.29, 1.82) is 0 Å². The third-order valence-electron chi connectivity index (χ3n) is 3.51. The smallest absolute Gasteiger partial charge is 0.240 e. The number of furan rings is 1. The van der Waals surface area contributed by atoms with Gasteiger partial charge in [0.2, 0.25) is 10.0 Å². The summed E-state index contributed by atoms with van der Waals surface area (Å²) < 4.78 is 37.7. The van der Waals surface area contributed by atoms with Crippen molar-refractivity contribution in [2.45, 2.75) is 11.3 Å². The lowest BCUT2D eigenvalue weighted by atomic mass is 10.2. The summed E-state index contributed by atoms with van der Waals surface area (Å²) in [4.78, 5) is 0.211. The van der Waals surface area contributed by atoms with Crippen LogP contribution in [0.3, 0.4) is 0 Å². The summed E-state index contributed by atoms with van der Waals surface area (Å²) in [5, 5.41) is 1.01. The van der Waals surface area contributed by atoms with Gasteiger partial charge in [0.1, 0.15) is 17.1 Å². The van der Waals surface area contributed by atoms with Crippen molar-refractivity contribution in [2.75, 3.05) is 13.7 Å². The van der Waals surface area contributed by atoms with Gasteiger partial charge >= 0.3 is 0 Å². The molecule has 0 radical (unpaired) electrons. The van der Waals surface area contributed by atoms with E-state index in [9.17, 15) is 8.42 Å². The Morgan fingerprint density at radius 1 is 1.09 bits per heavy atom. The maximum atomic E-state index is 12.2. The molecule has 0 spiro atoms. The Labute approximate surface area is 134 Å². The van der Waals surface area contributed by atoms with Crippen LogP contribution in [0.4, 0.5) is 0 Å². The molecule has 1 N–H and O–H groups in total. The van der Waals surface area contributed by atoms with Crippen LogP contribution in [0.2, 0.25) is 0 Å².